The Balaban J connectivity index is 1.74. The molecule has 5 nitrogen and oxygen atoms in total. The Morgan fingerprint density at radius 3 is 3.00 bits per heavy atom. The highest BCUT2D eigenvalue weighted by Crippen LogP contribution is 2.34. The molecule has 3 heterocycles. The minimum absolute atomic E-state index is 0.132. The number of imidazole rings is 1. The molecule has 1 N–H and O–H groups in total. The van der Waals surface area contributed by atoms with E-state index in [0.717, 1.165) is 44.9 Å². The molecule has 0 radical (unpaired) electrons. The molecule has 5 heteroatoms. The smallest absolute Gasteiger partial charge is 0.120 e. The van der Waals surface area contributed by atoms with Crippen LogP contribution in [0.2, 0.25) is 0 Å². The van der Waals surface area contributed by atoms with Crippen molar-refractivity contribution in [3.63, 3.8) is 0 Å². The first kappa shape index (κ1) is 13.1. The van der Waals surface area contributed by atoms with Gasteiger partial charge in [-0.15, -0.1) is 0 Å². The first-order valence-electron chi connectivity index (χ1n) is 7.06. The standard InChI is InChI=1S/C14H23N3O2/c1-13(2)9-17(8-12-15-5-6-16-12)10-14(19-13)4-3-7-18-11-14/h5-6H,3-4,7-11H2,1-2H3,(H,15,16). The molecule has 2 aliphatic rings. The molecule has 0 aromatic carbocycles. The SMILES string of the molecule is CC1(C)CN(Cc2ncc[nH]2)CC2(CCCOC2)O1. The molecule has 1 spiro atoms. The molecule has 2 saturated heterocycles. The summed E-state index contributed by atoms with van der Waals surface area (Å²) in [5, 5.41) is 0. The van der Waals surface area contributed by atoms with Crippen molar-refractivity contribution in [2.45, 2.75) is 44.4 Å². The molecule has 2 fully saturated rings. The Morgan fingerprint density at radius 2 is 2.32 bits per heavy atom. The topological polar surface area (TPSA) is 50.4 Å². The van der Waals surface area contributed by atoms with Crippen LogP contribution in [0.3, 0.4) is 0 Å². The van der Waals surface area contributed by atoms with Crippen molar-refractivity contribution >= 4 is 0 Å². The number of morpholine rings is 1. The van der Waals surface area contributed by atoms with Gasteiger partial charge in [0.15, 0.2) is 0 Å². The quantitative estimate of drug-likeness (QED) is 0.882. The first-order chi connectivity index (χ1) is 9.07. The lowest BCUT2D eigenvalue weighted by atomic mass is 9.90. The molecular weight excluding hydrogens is 242 g/mol. The van der Waals surface area contributed by atoms with Gasteiger partial charge in [0.25, 0.3) is 0 Å². The highest BCUT2D eigenvalue weighted by molar-refractivity contribution is 4.98. The number of nitrogens with zero attached hydrogens (tertiary/aromatic N) is 2. The van der Waals surface area contributed by atoms with Gasteiger partial charge in [-0.25, -0.2) is 4.98 Å². The fourth-order valence-corrected chi connectivity index (χ4v) is 3.39. The molecule has 1 aromatic heterocycles. The van der Waals surface area contributed by atoms with Gasteiger partial charge in [0.1, 0.15) is 11.4 Å². The second-order valence-corrected chi connectivity index (χ2v) is 6.38. The van der Waals surface area contributed by atoms with Crippen LogP contribution in [0.15, 0.2) is 12.4 Å². The van der Waals surface area contributed by atoms with Gasteiger partial charge >= 0.3 is 0 Å². The summed E-state index contributed by atoms with van der Waals surface area (Å²) in [6.07, 6.45) is 5.86. The predicted octanol–water partition coefficient (Wildman–Crippen LogP) is 1.57. The van der Waals surface area contributed by atoms with Gasteiger partial charge in [-0.3, -0.25) is 4.90 Å². The number of nitrogens with one attached hydrogen (secondary N) is 1. The van der Waals surface area contributed by atoms with E-state index in [9.17, 15) is 0 Å². The van der Waals surface area contributed by atoms with E-state index in [2.05, 4.69) is 28.7 Å². The average molecular weight is 265 g/mol. The minimum atomic E-state index is -0.133. The largest absolute Gasteiger partial charge is 0.378 e. The lowest BCUT2D eigenvalue weighted by Crippen LogP contribution is -2.62. The summed E-state index contributed by atoms with van der Waals surface area (Å²) in [5.74, 6) is 1.02. The molecule has 19 heavy (non-hydrogen) atoms. The zero-order chi connectivity index (χ0) is 13.3. The number of hydrogen-bond acceptors (Lipinski definition) is 4. The van der Waals surface area contributed by atoms with Gasteiger partial charge in [0.2, 0.25) is 0 Å². The summed E-state index contributed by atoms with van der Waals surface area (Å²) in [7, 11) is 0. The van der Waals surface area contributed by atoms with E-state index < -0.39 is 0 Å². The van der Waals surface area contributed by atoms with Gasteiger partial charge in [-0.05, 0) is 26.7 Å². The van der Waals surface area contributed by atoms with Crippen LogP contribution in [0.25, 0.3) is 0 Å². The average Bonchev–Trinajstić information content (AvgIpc) is 2.80. The Bertz CT molecular complexity index is 410. The summed E-state index contributed by atoms with van der Waals surface area (Å²) in [5.41, 5.74) is -0.266. The third kappa shape index (κ3) is 2.99. The van der Waals surface area contributed by atoms with Gasteiger partial charge in [-0.2, -0.15) is 0 Å². The Labute approximate surface area is 114 Å². The molecule has 0 aliphatic carbocycles. The van der Waals surface area contributed by atoms with E-state index in [-0.39, 0.29) is 11.2 Å². The molecule has 2 aliphatic heterocycles. The number of H-pyrrole nitrogens is 1. The van der Waals surface area contributed by atoms with E-state index in [1.807, 2.05) is 6.20 Å². The lowest BCUT2D eigenvalue weighted by Gasteiger charge is -2.51. The van der Waals surface area contributed by atoms with E-state index >= 15 is 0 Å². The first-order valence-corrected chi connectivity index (χ1v) is 7.06. The second kappa shape index (κ2) is 4.89. The monoisotopic (exact) mass is 265 g/mol. The van der Waals surface area contributed by atoms with Crippen LogP contribution in [0.4, 0.5) is 0 Å². The van der Waals surface area contributed by atoms with E-state index in [4.69, 9.17) is 9.47 Å². The van der Waals surface area contributed by atoms with Gasteiger partial charge < -0.3 is 14.5 Å². The summed E-state index contributed by atoms with van der Waals surface area (Å²) in [4.78, 5) is 9.93. The van der Waals surface area contributed by atoms with Crippen LogP contribution >= 0.6 is 0 Å². The molecule has 1 aromatic rings. The maximum absolute atomic E-state index is 6.35. The maximum atomic E-state index is 6.35. The third-order valence-electron chi connectivity index (χ3n) is 3.82. The lowest BCUT2D eigenvalue weighted by molar-refractivity contribution is -0.234. The highest BCUT2D eigenvalue weighted by atomic mass is 16.6. The van der Waals surface area contributed by atoms with Crippen LogP contribution in [0.1, 0.15) is 32.5 Å². The fourth-order valence-electron chi connectivity index (χ4n) is 3.39. The van der Waals surface area contributed by atoms with Crippen molar-refractivity contribution in [1.82, 2.24) is 14.9 Å². The molecule has 106 valence electrons. The maximum Gasteiger partial charge on any atom is 0.120 e. The second-order valence-electron chi connectivity index (χ2n) is 6.38. The van der Waals surface area contributed by atoms with E-state index in [0.29, 0.717) is 6.61 Å². The van der Waals surface area contributed by atoms with Crippen molar-refractivity contribution in [3.8, 4) is 0 Å². The van der Waals surface area contributed by atoms with Crippen molar-refractivity contribution in [1.29, 1.82) is 0 Å². The summed E-state index contributed by atoms with van der Waals surface area (Å²) >= 11 is 0. The minimum Gasteiger partial charge on any atom is -0.378 e. The van der Waals surface area contributed by atoms with Crippen LogP contribution in [0, 0.1) is 0 Å². The van der Waals surface area contributed by atoms with Crippen molar-refractivity contribution in [2.75, 3.05) is 26.3 Å². The van der Waals surface area contributed by atoms with Gasteiger partial charge in [0.05, 0.1) is 18.8 Å². The van der Waals surface area contributed by atoms with Crippen molar-refractivity contribution in [2.24, 2.45) is 0 Å². The summed E-state index contributed by atoms with van der Waals surface area (Å²) < 4.78 is 12.0. The highest BCUT2D eigenvalue weighted by Gasteiger charge is 2.45. The molecule has 0 bridgehead atoms. The van der Waals surface area contributed by atoms with Crippen LogP contribution in [0.5, 0.6) is 0 Å². The zero-order valence-electron chi connectivity index (χ0n) is 11.8. The number of ether oxygens (including phenoxy) is 2. The van der Waals surface area contributed by atoms with Crippen LogP contribution in [-0.2, 0) is 16.0 Å². The fraction of sp³-hybridized carbons (Fsp3) is 0.786. The summed E-state index contributed by atoms with van der Waals surface area (Å²) in [6, 6.07) is 0. The van der Waals surface area contributed by atoms with Crippen LogP contribution < -0.4 is 0 Å². The predicted molar refractivity (Wildman–Crippen MR) is 71.8 cm³/mol. The Morgan fingerprint density at radius 1 is 1.42 bits per heavy atom. The molecule has 0 saturated carbocycles. The van der Waals surface area contributed by atoms with Gasteiger partial charge in [0, 0.05) is 32.1 Å². The normalized spacial score (nSPS) is 31.7. The van der Waals surface area contributed by atoms with E-state index in [1.165, 1.54) is 0 Å². The Kier molecular flexibility index (Phi) is 3.37. The molecule has 1 unspecified atom stereocenters. The van der Waals surface area contributed by atoms with Crippen LogP contribution in [-0.4, -0.2) is 52.4 Å². The third-order valence-corrected chi connectivity index (χ3v) is 3.82. The molecular formula is C14H23N3O2. The summed E-state index contributed by atoms with van der Waals surface area (Å²) in [6.45, 7) is 8.61. The van der Waals surface area contributed by atoms with Crippen molar-refractivity contribution < 1.29 is 9.47 Å². The van der Waals surface area contributed by atoms with Gasteiger partial charge in [-0.1, -0.05) is 0 Å². The van der Waals surface area contributed by atoms with Crippen molar-refractivity contribution in [3.05, 3.63) is 18.2 Å². The molecule has 1 atom stereocenters. The Hall–Kier alpha value is -0.910. The molecule has 0 amide bonds. The zero-order valence-corrected chi connectivity index (χ0v) is 11.8. The number of aromatic amines is 1. The molecule has 3 rings (SSSR count). The number of hydrogen-bond donors (Lipinski definition) is 1. The number of aromatic nitrogens is 2. The van der Waals surface area contributed by atoms with E-state index in [1.54, 1.807) is 6.20 Å². The number of rotatable bonds is 2.